The SMILES string of the molecule is Cc1cc(-c2cccc(CNC3CC3)c2)ccc1F. The topological polar surface area (TPSA) is 12.0 Å². The molecule has 0 bridgehead atoms. The summed E-state index contributed by atoms with van der Waals surface area (Å²) in [5.41, 5.74) is 4.20. The molecule has 0 saturated heterocycles. The molecule has 98 valence electrons. The molecule has 1 aliphatic carbocycles. The van der Waals surface area contributed by atoms with E-state index in [0.717, 1.165) is 23.7 Å². The Bertz CT molecular complexity index is 588. The summed E-state index contributed by atoms with van der Waals surface area (Å²) in [6.45, 7) is 2.72. The molecule has 19 heavy (non-hydrogen) atoms. The average molecular weight is 255 g/mol. The average Bonchev–Trinajstić information content (AvgIpc) is 3.24. The van der Waals surface area contributed by atoms with Crippen LogP contribution in [0.1, 0.15) is 24.0 Å². The van der Waals surface area contributed by atoms with E-state index in [1.807, 2.05) is 12.1 Å². The molecule has 1 saturated carbocycles. The normalized spacial score (nSPS) is 14.6. The summed E-state index contributed by atoms with van der Waals surface area (Å²) in [4.78, 5) is 0. The standard InChI is InChI=1S/C17H18FN/c1-12-9-15(5-8-17(12)18)14-4-2-3-13(10-14)11-19-16-6-7-16/h2-5,8-10,16,19H,6-7,11H2,1H3. The van der Waals surface area contributed by atoms with Gasteiger partial charge in [-0.2, -0.15) is 0 Å². The predicted molar refractivity (Wildman–Crippen MR) is 76.4 cm³/mol. The molecule has 2 aromatic carbocycles. The van der Waals surface area contributed by atoms with E-state index in [1.165, 1.54) is 18.4 Å². The van der Waals surface area contributed by atoms with Crippen molar-refractivity contribution in [1.29, 1.82) is 0 Å². The van der Waals surface area contributed by atoms with Gasteiger partial charge in [0.2, 0.25) is 0 Å². The quantitative estimate of drug-likeness (QED) is 0.869. The van der Waals surface area contributed by atoms with Crippen molar-refractivity contribution in [3.63, 3.8) is 0 Å². The number of hydrogen-bond acceptors (Lipinski definition) is 1. The van der Waals surface area contributed by atoms with Gasteiger partial charge in [-0.1, -0.05) is 24.3 Å². The van der Waals surface area contributed by atoms with Crippen LogP contribution in [0.5, 0.6) is 0 Å². The summed E-state index contributed by atoms with van der Waals surface area (Å²) in [5, 5.41) is 3.51. The van der Waals surface area contributed by atoms with Gasteiger partial charge in [0, 0.05) is 12.6 Å². The predicted octanol–water partition coefficient (Wildman–Crippen LogP) is 4.05. The highest BCUT2D eigenvalue weighted by Crippen LogP contribution is 2.24. The van der Waals surface area contributed by atoms with Gasteiger partial charge >= 0.3 is 0 Å². The van der Waals surface area contributed by atoms with Crippen LogP contribution in [0.4, 0.5) is 4.39 Å². The summed E-state index contributed by atoms with van der Waals surface area (Å²) in [6.07, 6.45) is 2.60. The van der Waals surface area contributed by atoms with Crippen LogP contribution in [0.3, 0.4) is 0 Å². The highest BCUT2D eigenvalue weighted by Gasteiger charge is 2.19. The van der Waals surface area contributed by atoms with Crippen molar-refractivity contribution >= 4 is 0 Å². The second-order valence-electron chi connectivity index (χ2n) is 5.32. The van der Waals surface area contributed by atoms with E-state index in [1.54, 1.807) is 13.0 Å². The van der Waals surface area contributed by atoms with Gasteiger partial charge in [0.25, 0.3) is 0 Å². The molecule has 0 radical (unpaired) electrons. The molecule has 1 N–H and O–H groups in total. The molecule has 0 unspecified atom stereocenters. The minimum absolute atomic E-state index is 0.143. The van der Waals surface area contributed by atoms with E-state index in [-0.39, 0.29) is 5.82 Å². The molecular weight excluding hydrogens is 237 g/mol. The highest BCUT2D eigenvalue weighted by atomic mass is 19.1. The molecule has 0 aromatic heterocycles. The Morgan fingerprint density at radius 3 is 2.63 bits per heavy atom. The first-order valence-corrected chi connectivity index (χ1v) is 6.81. The van der Waals surface area contributed by atoms with E-state index >= 15 is 0 Å². The van der Waals surface area contributed by atoms with Gasteiger partial charge < -0.3 is 5.32 Å². The van der Waals surface area contributed by atoms with Gasteiger partial charge in [-0.25, -0.2) is 4.39 Å². The van der Waals surface area contributed by atoms with Gasteiger partial charge in [0.05, 0.1) is 0 Å². The minimum Gasteiger partial charge on any atom is -0.310 e. The summed E-state index contributed by atoms with van der Waals surface area (Å²) in [7, 11) is 0. The van der Waals surface area contributed by atoms with Crippen molar-refractivity contribution in [2.45, 2.75) is 32.4 Å². The van der Waals surface area contributed by atoms with E-state index in [9.17, 15) is 4.39 Å². The zero-order valence-electron chi connectivity index (χ0n) is 11.1. The van der Waals surface area contributed by atoms with Crippen LogP contribution in [0.25, 0.3) is 11.1 Å². The largest absolute Gasteiger partial charge is 0.310 e. The van der Waals surface area contributed by atoms with Crippen LogP contribution in [0.15, 0.2) is 42.5 Å². The van der Waals surface area contributed by atoms with Gasteiger partial charge in [-0.3, -0.25) is 0 Å². The zero-order valence-corrected chi connectivity index (χ0v) is 11.1. The van der Waals surface area contributed by atoms with E-state index in [0.29, 0.717) is 5.56 Å². The molecule has 1 aliphatic rings. The van der Waals surface area contributed by atoms with E-state index < -0.39 is 0 Å². The second kappa shape index (κ2) is 5.14. The number of aryl methyl sites for hydroxylation is 1. The lowest BCUT2D eigenvalue weighted by Gasteiger charge is -2.08. The Hall–Kier alpha value is -1.67. The van der Waals surface area contributed by atoms with Gasteiger partial charge in [0.15, 0.2) is 0 Å². The van der Waals surface area contributed by atoms with Crippen molar-refractivity contribution in [3.8, 4) is 11.1 Å². The second-order valence-corrected chi connectivity index (χ2v) is 5.32. The molecule has 1 nitrogen and oxygen atoms in total. The lowest BCUT2D eigenvalue weighted by molar-refractivity contribution is 0.619. The zero-order chi connectivity index (χ0) is 13.2. The molecule has 0 heterocycles. The van der Waals surface area contributed by atoms with Crippen LogP contribution in [0, 0.1) is 12.7 Å². The Balaban J connectivity index is 1.82. The lowest BCUT2D eigenvalue weighted by Crippen LogP contribution is -2.15. The van der Waals surface area contributed by atoms with Crippen molar-refractivity contribution in [2.75, 3.05) is 0 Å². The fraction of sp³-hybridized carbons (Fsp3) is 0.294. The van der Waals surface area contributed by atoms with Gasteiger partial charge in [0.1, 0.15) is 5.82 Å². The third kappa shape index (κ3) is 3.02. The first-order valence-electron chi connectivity index (χ1n) is 6.81. The Labute approximate surface area is 113 Å². The maximum absolute atomic E-state index is 13.3. The maximum atomic E-state index is 13.3. The summed E-state index contributed by atoms with van der Waals surface area (Å²) in [5.74, 6) is -0.143. The number of benzene rings is 2. The first kappa shape index (κ1) is 12.4. The minimum atomic E-state index is -0.143. The van der Waals surface area contributed by atoms with Gasteiger partial charge in [-0.15, -0.1) is 0 Å². The van der Waals surface area contributed by atoms with E-state index in [2.05, 4.69) is 29.6 Å². The summed E-state index contributed by atoms with van der Waals surface area (Å²) >= 11 is 0. The summed E-state index contributed by atoms with van der Waals surface area (Å²) < 4.78 is 13.3. The number of halogens is 1. The Kier molecular flexibility index (Phi) is 3.34. The van der Waals surface area contributed by atoms with Gasteiger partial charge in [-0.05, 0) is 60.2 Å². The highest BCUT2D eigenvalue weighted by molar-refractivity contribution is 5.65. The van der Waals surface area contributed by atoms with Crippen molar-refractivity contribution < 1.29 is 4.39 Å². The van der Waals surface area contributed by atoms with Crippen LogP contribution in [0.2, 0.25) is 0 Å². The molecular formula is C17H18FN. The van der Waals surface area contributed by atoms with Crippen molar-refractivity contribution in [2.24, 2.45) is 0 Å². The summed E-state index contributed by atoms with van der Waals surface area (Å²) in [6, 6.07) is 14.5. The van der Waals surface area contributed by atoms with E-state index in [4.69, 9.17) is 0 Å². The molecule has 0 amide bonds. The third-order valence-corrected chi connectivity index (χ3v) is 3.59. The molecule has 0 atom stereocenters. The van der Waals surface area contributed by atoms with Crippen molar-refractivity contribution in [3.05, 3.63) is 59.4 Å². The Morgan fingerprint density at radius 2 is 1.89 bits per heavy atom. The molecule has 3 rings (SSSR count). The number of nitrogens with one attached hydrogen (secondary N) is 1. The van der Waals surface area contributed by atoms with Crippen LogP contribution >= 0.6 is 0 Å². The lowest BCUT2D eigenvalue weighted by atomic mass is 10.0. The first-order chi connectivity index (χ1) is 9.22. The molecule has 0 aliphatic heterocycles. The van der Waals surface area contributed by atoms with Crippen molar-refractivity contribution in [1.82, 2.24) is 5.32 Å². The fourth-order valence-electron chi connectivity index (χ4n) is 2.23. The molecule has 2 heteroatoms. The van der Waals surface area contributed by atoms with Crippen LogP contribution in [-0.4, -0.2) is 6.04 Å². The fourth-order valence-corrected chi connectivity index (χ4v) is 2.23. The number of rotatable bonds is 4. The molecule has 2 aromatic rings. The number of hydrogen-bond donors (Lipinski definition) is 1. The molecule has 0 spiro atoms. The smallest absolute Gasteiger partial charge is 0.126 e. The third-order valence-electron chi connectivity index (χ3n) is 3.59. The monoisotopic (exact) mass is 255 g/mol. The van der Waals surface area contributed by atoms with Crippen LogP contribution < -0.4 is 5.32 Å². The Morgan fingerprint density at radius 1 is 1.11 bits per heavy atom. The maximum Gasteiger partial charge on any atom is 0.126 e. The van der Waals surface area contributed by atoms with Crippen LogP contribution in [-0.2, 0) is 6.54 Å². The molecule has 1 fully saturated rings.